The molecule has 2 nitrogen and oxygen atoms in total. The first kappa shape index (κ1) is 11.6. The molecule has 0 aliphatic heterocycles. The fraction of sp³-hybridized carbons (Fsp3) is 1.00. The molecule has 1 atom stereocenters. The van der Waals surface area contributed by atoms with E-state index in [0.717, 1.165) is 6.61 Å². The monoisotopic (exact) mass is 212 g/mol. The molecule has 0 amide bonds. The van der Waals surface area contributed by atoms with Gasteiger partial charge in [0.15, 0.2) is 9.04 Å². The summed E-state index contributed by atoms with van der Waals surface area (Å²) in [5.74, 6) is 0. The van der Waals surface area contributed by atoms with Gasteiger partial charge in [-0.15, -0.1) is 11.1 Å². The van der Waals surface area contributed by atoms with E-state index in [1.54, 1.807) is 0 Å². The largest absolute Gasteiger partial charge is 0.446 e. The number of ether oxygens (including phenoxy) is 1. The second-order valence-corrected chi connectivity index (χ2v) is 10.8. The predicted octanol–water partition coefficient (Wildman–Crippen LogP) is 1.87. The zero-order chi connectivity index (χ0) is 8.91. The van der Waals surface area contributed by atoms with Crippen LogP contribution in [0.4, 0.5) is 0 Å². The molecule has 0 saturated heterocycles. The van der Waals surface area contributed by atoms with Crippen LogP contribution in [0.2, 0.25) is 19.6 Å². The third kappa shape index (κ3) is 7.02. The minimum Gasteiger partial charge on any atom is -0.446 e. The number of hydrogen-bond donors (Lipinski definition) is 0. The van der Waals surface area contributed by atoms with Crippen LogP contribution < -0.4 is 0 Å². The summed E-state index contributed by atoms with van der Waals surface area (Å²) in [4.78, 5) is 0. The molecule has 0 aromatic rings. The van der Waals surface area contributed by atoms with Crippen molar-refractivity contribution in [2.45, 2.75) is 26.6 Å². The highest BCUT2D eigenvalue weighted by molar-refractivity contribution is 7.17. The molecule has 0 radical (unpaired) electrons. The van der Waals surface area contributed by atoms with E-state index in [2.05, 4.69) is 13.1 Å². The van der Waals surface area contributed by atoms with Crippen LogP contribution in [0, 0.1) is 0 Å². The third-order valence-electron chi connectivity index (χ3n) is 1.05. The average molecular weight is 213 g/mol. The molecule has 0 saturated carbocycles. The highest BCUT2D eigenvalue weighted by Crippen LogP contribution is 2.12. The predicted molar refractivity (Wildman–Crippen MR) is 53.9 cm³/mol. The molecule has 0 bridgehead atoms. The Balaban J connectivity index is 3.61. The normalized spacial score (nSPS) is 16.9. The molecule has 0 aromatic carbocycles. The first-order chi connectivity index (χ1) is 4.98. The van der Waals surface area contributed by atoms with E-state index >= 15 is 0 Å². The molecule has 0 aliphatic carbocycles. The van der Waals surface area contributed by atoms with Gasteiger partial charge >= 0.3 is 7.63 Å². The molecular weight excluding hydrogens is 196 g/mol. The lowest BCUT2D eigenvalue weighted by molar-refractivity contribution is 0.182. The Morgan fingerprint density at radius 2 is 2.00 bits per heavy atom. The first-order valence-electron chi connectivity index (χ1n) is 3.92. The Kier molecular flexibility index (Phi) is 5.63. The second-order valence-electron chi connectivity index (χ2n) is 2.91. The van der Waals surface area contributed by atoms with Crippen molar-refractivity contribution in [2.24, 2.45) is 0 Å². The highest BCUT2D eigenvalue weighted by atomic mass is 35.6. The van der Waals surface area contributed by atoms with E-state index in [-0.39, 0.29) is 0 Å². The lowest BCUT2D eigenvalue weighted by Gasteiger charge is -2.22. The van der Waals surface area contributed by atoms with Gasteiger partial charge in [-0.3, -0.25) is 0 Å². The number of hydrogen-bond acceptors (Lipinski definition) is 2. The fourth-order valence-electron chi connectivity index (χ4n) is 0.810. The molecule has 5 heteroatoms. The Morgan fingerprint density at radius 1 is 1.45 bits per heavy atom. The van der Waals surface area contributed by atoms with Crippen LogP contribution in [-0.2, 0) is 8.85 Å². The molecule has 0 aliphatic rings. The summed E-state index contributed by atoms with van der Waals surface area (Å²) in [6.45, 7) is 8.92. The minimum atomic E-state index is -1.98. The Morgan fingerprint density at radius 3 is 2.36 bits per heavy atom. The van der Waals surface area contributed by atoms with E-state index < -0.39 is 16.7 Å². The van der Waals surface area contributed by atoms with Gasteiger partial charge in [-0.05, 0) is 26.6 Å². The SMILES string of the molecule is CCOC[Si](C)(Cl)O[SiH](C)C. The lowest BCUT2D eigenvalue weighted by Crippen LogP contribution is -2.38. The Bertz CT molecular complexity index is 109. The maximum absolute atomic E-state index is 6.14. The van der Waals surface area contributed by atoms with Crippen LogP contribution >= 0.6 is 11.1 Å². The van der Waals surface area contributed by atoms with Crippen molar-refractivity contribution in [2.75, 3.05) is 12.8 Å². The topological polar surface area (TPSA) is 18.5 Å². The van der Waals surface area contributed by atoms with Crippen LogP contribution in [0.5, 0.6) is 0 Å². The first-order valence-corrected chi connectivity index (χ1v) is 10.3. The van der Waals surface area contributed by atoms with E-state index in [1.165, 1.54) is 0 Å². The minimum absolute atomic E-state index is 0.607. The van der Waals surface area contributed by atoms with E-state index in [1.807, 2.05) is 13.5 Å². The quantitative estimate of drug-likeness (QED) is 0.512. The van der Waals surface area contributed by atoms with E-state index in [0.29, 0.717) is 6.23 Å². The third-order valence-corrected chi connectivity index (χ3v) is 6.75. The van der Waals surface area contributed by atoms with Gasteiger partial charge < -0.3 is 8.85 Å². The van der Waals surface area contributed by atoms with Crippen molar-refractivity contribution in [3.05, 3.63) is 0 Å². The summed E-state index contributed by atoms with van der Waals surface area (Å²) >= 11 is 6.14. The van der Waals surface area contributed by atoms with E-state index in [9.17, 15) is 0 Å². The Labute approximate surface area is 76.4 Å². The summed E-state index contributed by atoms with van der Waals surface area (Å²) in [6.07, 6.45) is 0.607. The summed E-state index contributed by atoms with van der Waals surface area (Å²) in [6, 6.07) is 0. The molecule has 0 rings (SSSR count). The molecule has 1 unspecified atom stereocenters. The van der Waals surface area contributed by atoms with Gasteiger partial charge in [0.1, 0.15) is 0 Å². The van der Waals surface area contributed by atoms with Crippen molar-refractivity contribution in [1.82, 2.24) is 0 Å². The lowest BCUT2D eigenvalue weighted by atomic mass is 10.9. The van der Waals surface area contributed by atoms with Gasteiger partial charge in [0.05, 0.1) is 6.23 Å². The van der Waals surface area contributed by atoms with Crippen molar-refractivity contribution < 1.29 is 8.85 Å². The molecular formula is C6H17ClO2Si2. The van der Waals surface area contributed by atoms with Crippen LogP contribution in [0.25, 0.3) is 0 Å². The molecule has 0 aromatic heterocycles. The second kappa shape index (κ2) is 5.32. The molecule has 0 N–H and O–H groups in total. The zero-order valence-electron chi connectivity index (χ0n) is 7.69. The molecule has 0 fully saturated rings. The Hall–Kier alpha value is 0.644. The van der Waals surface area contributed by atoms with Gasteiger partial charge in [0, 0.05) is 6.61 Å². The van der Waals surface area contributed by atoms with Crippen LogP contribution in [0.3, 0.4) is 0 Å². The van der Waals surface area contributed by atoms with Crippen molar-refractivity contribution in [1.29, 1.82) is 0 Å². The molecule has 0 spiro atoms. The summed E-state index contributed by atoms with van der Waals surface area (Å²) in [5.41, 5.74) is 0. The van der Waals surface area contributed by atoms with Gasteiger partial charge in [0.2, 0.25) is 0 Å². The maximum atomic E-state index is 6.14. The average Bonchev–Trinajstić information content (AvgIpc) is 1.81. The maximum Gasteiger partial charge on any atom is 0.302 e. The summed E-state index contributed by atoms with van der Waals surface area (Å²) in [7, 11) is -2.96. The molecule has 0 heterocycles. The number of rotatable bonds is 5. The van der Waals surface area contributed by atoms with Gasteiger partial charge in [0.25, 0.3) is 0 Å². The van der Waals surface area contributed by atoms with Crippen molar-refractivity contribution in [3.63, 3.8) is 0 Å². The van der Waals surface area contributed by atoms with Gasteiger partial charge in [-0.25, -0.2) is 0 Å². The van der Waals surface area contributed by atoms with Crippen LogP contribution in [0.1, 0.15) is 6.92 Å². The van der Waals surface area contributed by atoms with Crippen LogP contribution in [0.15, 0.2) is 0 Å². The standard InChI is InChI=1S/C6H17ClO2Si2/c1-5-8-6-11(4,7)9-10(2)3/h10H,5-6H2,1-4H3. The zero-order valence-corrected chi connectivity index (χ0v) is 10.6. The highest BCUT2D eigenvalue weighted by Gasteiger charge is 2.27. The van der Waals surface area contributed by atoms with Crippen LogP contribution in [-0.4, -0.2) is 29.5 Å². The van der Waals surface area contributed by atoms with Crippen molar-refractivity contribution in [3.8, 4) is 0 Å². The fourth-order valence-corrected chi connectivity index (χ4v) is 7.42. The van der Waals surface area contributed by atoms with Crippen molar-refractivity contribution >= 4 is 27.7 Å². The van der Waals surface area contributed by atoms with Gasteiger partial charge in [-0.2, -0.15) is 0 Å². The molecule has 11 heavy (non-hydrogen) atoms. The number of halogens is 1. The molecule has 68 valence electrons. The van der Waals surface area contributed by atoms with E-state index in [4.69, 9.17) is 19.9 Å². The summed E-state index contributed by atoms with van der Waals surface area (Å²) < 4.78 is 10.9. The smallest absolute Gasteiger partial charge is 0.302 e. The summed E-state index contributed by atoms with van der Waals surface area (Å²) in [5, 5.41) is 0. The van der Waals surface area contributed by atoms with Gasteiger partial charge in [-0.1, -0.05) is 0 Å².